The molecule has 4 rings (SSSR count). The van der Waals surface area contributed by atoms with Gasteiger partial charge in [0.05, 0.1) is 34.9 Å². The zero-order valence-electron chi connectivity index (χ0n) is 17.8. The molecule has 2 aromatic carbocycles. The van der Waals surface area contributed by atoms with Gasteiger partial charge < -0.3 is 14.4 Å². The standard InChI is InChI=1S/C22H19ClN6O5/c23-18-12-16(29(31)32)6-7-20(18)34-14-19(30)17(13-24)21-25-26-22(27-8-10-33-11-9-27)28(21)15-4-2-1-3-5-15/h1-7,12,17H,8-11,14H2/t17-/m0/s1. The molecule has 1 atom stereocenters. The first-order chi connectivity index (χ1) is 16.5. The molecule has 3 aromatic rings. The van der Waals surface area contributed by atoms with Crippen LogP contribution in [-0.2, 0) is 9.53 Å². The Bertz CT molecular complexity index is 1240. The number of nitro benzene ring substituents is 1. The van der Waals surface area contributed by atoms with Crippen LogP contribution in [0.5, 0.6) is 5.75 Å². The third-order valence-corrected chi connectivity index (χ3v) is 5.48. The summed E-state index contributed by atoms with van der Waals surface area (Å²) < 4.78 is 12.6. The Morgan fingerprint density at radius 2 is 1.97 bits per heavy atom. The molecule has 1 aromatic heterocycles. The number of non-ortho nitro benzene ring substituents is 1. The van der Waals surface area contributed by atoms with Gasteiger partial charge in [-0.2, -0.15) is 5.26 Å². The minimum absolute atomic E-state index is 0.0161. The fourth-order valence-corrected chi connectivity index (χ4v) is 3.72. The molecule has 0 unspecified atom stereocenters. The number of rotatable bonds is 8. The SMILES string of the molecule is N#C[C@@H](C(=O)COc1ccc([N+](=O)[O-])cc1Cl)c1nnc(N2CCOCC2)n1-c1ccccc1. The second-order valence-electron chi connectivity index (χ2n) is 7.32. The summed E-state index contributed by atoms with van der Waals surface area (Å²) in [5.41, 5.74) is 0.501. The number of carbonyl (C=O) groups excluding carboxylic acids is 1. The van der Waals surface area contributed by atoms with E-state index in [0.717, 1.165) is 6.07 Å². The summed E-state index contributed by atoms with van der Waals surface area (Å²) in [7, 11) is 0. The Balaban J connectivity index is 1.61. The highest BCUT2D eigenvalue weighted by molar-refractivity contribution is 6.32. The molecular weight excluding hydrogens is 464 g/mol. The van der Waals surface area contributed by atoms with Gasteiger partial charge in [0, 0.05) is 25.2 Å². The number of hydrogen-bond acceptors (Lipinski definition) is 9. The minimum Gasteiger partial charge on any atom is -0.484 e. The quantitative estimate of drug-likeness (QED) is 0.350. The van der Waals surface area contributed by atoms with Crippen molar-refractivity contribution in [3.05, 3.63) is 69.5 Å². The molecule has 1 saturated heterocycles. The lowest BCUT2D eigenvalue weighted by atomic mass is 10.1. The van der Waals surface area contributed by atoms with Crippen molar-refractivity contribution in [1.29, 1.82) is 5.26 Å². The molecule has 2 heterocycles. The van der Waals surface area contributed by atoms with Crippen molar-refractivity contribution in [3.63, 3.8) is 0 Å². The Morgan fingerprint density at radius 1 is 1.24 bits per heavy atom. The van der Waals surface area contributed by atoms with Gasteiger partial charge in [0.15, 0.2) is 17.5 Å². The van der Waals surface area contributed by atoms with Gasteiger partial charge in [0.25, 0.3) is 5.69 Å². The molecule has 0 bridgehead atoms. The number of ketones is 1. The summed E-state index contributed by atoms with van der Waals surface area (Å²) >= 11 is 6.03. The summed E-state index contributed by atoms with van der Waals surface area (Å²) in [4.78, 5) is 25.3. The third kappa shape index (κ3) is 4.83. The van der Waals surface area contributed by atoms with Crippen LogP contribution in [0.4, 0.5) is 11.6 Å². The van der Waals surface area contributed by atoms with E-state index in [2.05, 4.69) is 10.2 Å². The number of para-hydroxylation sites is 1. The van der Waals surface area contributed by atoms with E-state index in [1.54, 1.807) is 4.57 Å². The number of nitro groups is 1. The summed E-state index contributed by atoms with van der Waals surface area (Å²) in [6.07, 6.45) is 0. The molecule has 0 aliphatic carbocycles. The van der Waals surface area contributed by atoms with Crippen molar-refractivity contribution in [2.75, 3.05) is 37.8 Å². The molecule has 0 amide bonds. The molecule has 1 aliphatic heterocycles. The van der Waals surface area contributed by atoms with E-state index >= 15 is 0 Å². The lowest BCUT2D eigenvalue weighted by Crippen LogP contribution is -2.38. The minimum atomic E-state index is -1.26. The summed E-state index contributed by atoms with van der Waals surface area (Å²) in [6, 6.07) is 14.9. The van der Waals surface area contributed by atoms with Crippen LogP contribution in [-0.4, -0.2) is 58.4 Å². The summed E-state index contributed by atoms with van der Waals surface area (Å²) in [5.74, 6) is -1.05. The molecule has 34 heavy (non-hydrogen) atoms. The van der Waals surface area contributed by atoms with Crippen molar-refractivity contribution < 1.29 is 19.2 Å². The van der Waals surface area contributed by atoms with Gasteiger partial charge in [-0.05, 0) is 18.2 Å². The number of benzene rings is 2. The molecular formula is C22H19ClN6O5. The average molecular weight is 483 g/mol. The van der Waals surface area contributed by atoms with E-state index in [0.29, 0.717) is 37.9 Å². The molecule has 12 heteroatoms. The van der Waals surface area contributed by atoms with E-state index in [1.165, 1.54) is 12.1 Å². The second-order valence-corrected chi connectivity index (χ2v) is 7.72. The Labute approximate surface area is 199 Å². The Kier molecular flexibility index (Phi) is 7.01. The predicted molar refractivity (Wildman–Crippen MR) is 121 cm³/mol. The number of Topliss-reactive ketones (excluding diaryl/α,β-unsaturated/α-hetero) is 1. The van der Waals surface area contributed by atoms with Gasteiger partial charge in [-0.25, -0.2) is 0 Å². The normalized spacial score (nSPS) is 14.3. The van der Waals surface area contributed by atoms with Crippen LogP contribution < -0.4 is 9.64 Å². The first-order valence-electron chi connectivity index (χ1n) is 10.3. The number of nitriles is 1. The van der Waals surface area contributed by atoms with Crippen LogP contribution in [0.1, 0.15) is 11.7 Å². The fourth-order valence-electron chi connectivity index (χ4n) is 3.49. The molecule has 0 saturated carbocycles. The van der Waals surface area contributed by atoms with Gasteiger partial charge in [0.1, 0.15) is 12.4 Å². The largest absolute Gasteiger partial charge is 0.484 e. The molecule has 174 valence electrons. The topological polar surface area (TPSA) is 136 Å². The van der Waals surface area contributed by atoms with Crippen LogP contribution in [0.3, 0.4) is 0 Å². The molecule has 11 nitrogen and oxygen atoms in total. The van der Waals surface area contributed by atoms with E-state index in [1.807, 2.05) is 41.3 Å². The first kappa shape index (κ1) is 23.2. The molecule has 1 fully saturated rings. The zero-order valence-corrected chi connectivity index (χ0v) is 18.6. The number of aromatic nitrogens is 3. The average Bonchev–Trinajstić information content (AvgIpc) is 3.29. The smallest absolute Gasteiger partial charge is 0.271 e. The second kappa shape index (κ2) is 10.3. The number of nitrogens with zero attached hydrogens (tertiary/aromatic N) is 6. The lowest BCUT2D eigenvalue weighted by molar-refractivity contribution is -0.384. The van der Waals surface area contributed by atoms with Crippen LogP contribution in [0.25, 0.3) is 5.69 Å². The Morgan fingerprint density at radius 3 is 2.62 bits per heavy atom. The van der Waals surface area contributed by atoms with Crippen LogP contribution in [0.15, 0.2) is 48.5 Å². The van der Waals surface area contributed by atoms with Gasteiger partial charge in [-0.1, -0.05) is 29.8 Å². The lowest BCUT2D eigenvalue weighted by Gasteiger charge is -2.28. The summed E-state index contributed by atoms with van der Waals surface area (Å²) in [6.45, 7) is 1.77. The summed E-state index contributed by atoms with van der Waals surface area (Å²) in [5, 5.41) is 29.2. The fraction of sp³-hybridized carbons (Fsp3) is 0.273. The highest BCUT2D eigenvalue weighted by Crippen LogP contribution is 2.30. The monoisotopic (exact) mass is 482 g/mol. The maximum Gasteiger partial charge on any atom is 0.271 e. The van der Waals surface area contributed by atoms with Crippen LogP contribution >= 0.6 is 11.6 Å². The number of morpholine rings is 1. The van der Waals surface area contributed by atoms with Gasteiger partial charge in [-0.3, -0.25) is 19.5 Å². The van der Waals surface area contributed by atoms with Crippen LogP contribution in [0, 0.1) is 21.4 Å². The van der Waals surface area contributed by atoms with E-state index in [-0.39, 0.29) is 22.3 Å². The van der Waals surface area contributed by atoms with Crippen molar-refractivity contribution in [1.82, 2.24) is 14.8 Å². The van der Waals surface area contributed by atoms with Crippen molar-refractivity contribution in [2.45, 2.75) is 5.92 Å². The van der Waals surface area contributed by atoms with E-state index in [9.17, 15) is 20.2 Å². The van der Waals surface area contributed by atoms with Crippen molar-refractivity contribution >= 4 is 29.0 Å². The highest BCUT2D eigenvalue weighted by atomic mass is 35.5. The number of carbonyl (C=O) groups is 1. The van der Waals surface area contributed by atoms with Crippen molar-refractivity contribution in [3.8, 4) is 17.5 Å². The van der Waals surface area contributed by atoms with E-state index < -0.39 is 23.2 Å². The maximum atomic E-state index is 13.0. The zero-order chi connectivity index (χ0) is 24.1. The van der Waals surface area contributed by atoms with Crippen molar-refractivity contribution in [2.24, 2.45) is 0 Å². The third-order valence-electron chi connectivity index (χ3n) is 5.18. The molecule has 0 spiro atoms. The van der Waals surface area contributed by atoms with Gasteiger partial charge >= 0.3 is 0 Å². The number of hydrogen-bond donors (Lipinski definition) is 0. The van der Waals surface area contributed by atoms with Gasteiger partial charge in [-0.15, -0.1) is 10.2 Å². The predicted octanol–water partition coefficient (Wildman–Crippen LogP) is 2.92. The molecule has 0 radical (unpaired) electrons. The highest BCUT2D eigenvalue weighted by Gasteiger charge is 2.31. The van der Waals surface area contributed by atoms with Crippen LogP contribution in [0.2, 0.25) is 5.02 Å². The first-order valence-corrected chi connectivity index (χ1v) is 10.7. The Hall–Kier alpha value is -4.01. The molecule has 1 aliphatic rings. The number of anilines is 1. The maximum absolute atomic E-state index is 13.0. The molecule has 0 N–H and O–H groups in total. The van der Waals surface area contributed by atoms with E-state index in [4.69, 9.17) is 21.1 Å². The number of halogens is 1. The van der Waals surface area contributed by atoms with Gasteiger partial charge in [0.2, 0.25) is 5.95 Å². The number of ether oxygens (including phenoxy) is 2.